The van der Waals surface area contributed by atoms with Crippen molar-refractivity contribution in [3.63, 3.8) is 0 Å². The summed E-state index contributed by atoms with van der Waals surface area (Å²) in [6.45, 7) is 4.50. The van der Waals surface area contributed by atoms with Crippen LogP contribution in [0.5, 0.6) is 0 Å². The van der Waals surface area contributed by atoms with Crippen LogP contribution in [0.3, 0.4) is 0 Å². The molecule has 0 unspecified atom stereocenters. The zero-order valence-corrected chi connectivity index (χ0v) is 15.2. The minimum atomic E-state index is -0.172. The van der Waals surface area contributed by atoms with Crippen LogP contribution in [0.15, 0.2) is 35.1 Å². The Morgan fingerprint density at radius 3 is 2.62 bits per heavy atom. The van der Waals surface area contributed by atoms with E-state index in [0.29, 0.717) is 49.9 Å². The number of hydrogen-bond acceptors (Lipinski definition) is 5. The van der Waals surface area contributed by atoms with Gasteiger partial charge in [0.15, 0.2) is 0 Å². The summed E-state index contributed by atoms with van der Waals surface area (Å²) in [6.07, 6.45) is 0.626. The van der Waals surface area contributed by atoms with Crippen molar-refractivity contribution >= 4 is 17.5 Å². The number of aromatic nitrogens is 2. The molecular weight excluding hydrogens is 332 g/mol. The van der Waals surface area contributed by atoms with E-state index in [9.17, 15) is 9.59 Å². The van der Waals surface area contributed by atoms with E-state index in [2.05, 4.69) is 9.97 Å². The first-order chi connectivity index (χ1) is 12.6. The Morgan fingerprint density at radius 1 is 1.27 bits per heavy atom. The third kappa shape index (κ3) is 4.11. The third-order valence-corrected chi connectivity index (χ3v) is 4.63. The number of carbonyl (C=O) groups is 1. The van der Waals surface area contributed by atoms with Gasteiger partial charge >= 0.3 is 0 Å². The number of para-hydroxylation sites is 1. The second-order valence-electron chi connectivity index (χ2n) is 6.34. The van der Waals surface area contributed by atoms with Crippen LogP contribution in [0.2, 0.25) is 0 Å². The first-order valence-corrected chi connectivity index (χ1v) is 8.80. The Labute approximate surface area is 152 Å². The average Bonchev–Trinajstić information content (AvgIpc) is 2.67. The molecule has 1 amide bonds. The maximum absolute atomic E-state index is 12.5. The summed E-state index contributed by atoms with van der Waals surface area (Å²) < 4.78 is 5.33. The van der Waals surface area contributed by atoms with Gasteiger partial charge in [-0.3, -0.25) is 14.6 Å². The number of rotatable bonds is 5. The lowest BCUT2D eigenvalue weighted by Crippen LogP contribution is -2.38. The fourth-order valence-corrected chi connectivity index (χ4v) is 3.01. The number of amides is 1. The van der Waals surface area contributed by atoms with Gasteiger partial charge in [0.2, 0.25) is 11.9 Å². The molecule has 0 atom stereocenters. The predicted molar refractivity (Wildman–Crippen MR) is 101 cm³/mol. The van der Waals surface area contributed by atoms with Crippen LogP contribution >= 0.6 is 0 Å². The van der Waals surface area contributed by atoms with Gasteiger partial charge in [0.25, 0.3) is 5.56 Å². The van der Waals surface area contributed by atoms with Crippen molar-refractivity contribution in [3.8, 4) is 0 Å². The minimum absolute atomic E-state index is 0.0349. The highest BCUT2D eigenvalue weighted by atomic mass is 16.5. The van der Waals surface area contributed by atoms with E-state index < -0.39 is 0 Å². The number of hydrogen-bond donors (Lipinski definition) is 1. The summed E-state index contributed by atoms with van der Waals surface area (Å²) in [7, 11) is 1.74. The van der Waals surface area contributed by atoms with Crippen LogP contribution in [0, 0.1) is 6.92 Å². The van der Waals surface area contributed by atoms with E-state index in [4.69, 9.17) is 4.74 Å². The molecular formula is C19H24N4O3. The second-order valence-corrected chi connectivity index (χ2v) is 6.34. The molecule has 7 heteroatoms. The van der Waals surface area contributed by atoms with Crippen molar-refractivity contribution in [2.75, 3.05) is 43.2 Å². The second kappa shape index (κ2) is 8.14. The van der Waals surface area contributed by atoms with E-state index in [1.54, 1.807) is 11.9 Å². The molecule has 0 aliphatic carbocycles. The SMILES string of the molecule is Cc1nc(N2CCOCC2)[nH]c(=O)c1CCC(=O)N(C)c1ccccc1. The predicted octanol–water partition coefficient (Wildman–Crippen LogP) is 1.51. The molecule has 3 rings (SSSR count). The zero-order valence-electron chi connectivity index (χ0n) is 15.2. The molecule has 0 radical (unpaired) electrons. The third-order valence-electron chi connectivity index (χ3n) is 4.63. The maximum atomic E-state index is 12.5. The fraction of sp³-hybridized carbons (Fsp3) is 0.421. The van der Waals surface area contributed by atoms with Crippen molar-refractivity contribution in [2.45, 2.75) is 19.8 Å². The van der Waals surface area contributed by atoms with Crippen LogP contribution < -0.4 is 15.4 Å². The highest BCUT2D eigenvalue weighted by Gasteiger charge is 2.17. The van der Waals surface area contributed by atoms with Crippen molar-refractivity contribution < 1.29 is 9.53 Å². The van der Waals surface area contributed by atoms with Crippen LogP contribution in [0.1, 0.15) is 17.7 Å². The van der Waals surface area contributed by atoms with Crippen LogP contribution in [-0.4, -0.2) is 49.2 Å². The monoisotopic (exact) mass is 356 g/mol. The van der Waals surface area contributed by atoms with Gasteiger partial charge in [-0.15, -0.1) is 0 Å². The summed E-state index contributed by atoms with van der Waals surface area (Å²) in [5.41, 5.74) is 1.90. The molecule has 1 saturated heterocycles. The number of benzene rings is 1. The Morgan fingerprint density at radius 2 is 1.96 bits per heavy atom. The number of carbonyl (C=O) groups excluding carboxylic acids is 1. The van der Waals surface area contributed by atoms with Crippen LogP contribution in [0.4, 0.5) is 11.6 Å². The van der Waals surface area contributed by atoms with Crippen molar-refractivity contribution in [1.29, 1.82) is 0 Å². The van der Waals surface area contributed by atoms with E-state index in [1.807, 2.05) is 42.2 Å². The molecule has 26 heavy (non-hydrogen) atoms. The Bertz CT molecular complexity index is 813. The van der Waals surface area contributed by atoms with E-state index in [1.165, 1.54) is 0 Å². The summed E-state index contributed by atoms with van der Waals surface area (Å²) in [5, 5.41) is 0. The molecule has 7 nitrogen and oxygen atoms in total. The Hall–Kier alpha value is -2.67. The quantitative estimate of drug-likeness (QED) is 0.879. The molecule has 2 heterocycles. The van der Waals surface area contributed by atoms with Crippen molar-refractivity contribution in [3.05, 3.63) is 51.9 Å². The van der Waals surface area contributed by atoms with Gasteiger partial charge in [0.05, 0.1) is 13.2 Å². The normalized spacial score (nSPS) is 14.3. The topological polar surface area (TPSA) is 78.5 Å². The molecule has 2 aromatic rings. The van der Waals surface area contributed by atoms with Gasteiger partial charge in [0, 0.05) is 43.5 Å². The largest absolute Gasteiger partial charge is 0.378 e. The van der Waals surface area contributed by atoms with Crippen molar-refractivity contribution in [1.82, 2.24) is 9.97 Å². The molecule has 1 aromatic heterocycles. The molecule has 0 bridgehead atoms. The number of nitrogens with one attached hydrogen (secondary N) is 1. The van der Waals surface area contributed by atoms with E-state index >= 15 is 0 Å². The molecule has 1 N–H and O–H groups in total. The van der Waals surface area contributed by atoms with Gasteiger partial charge in [-0.2, -0.15) is 0 Å². The zero-order chi connectivity index (χ0) is 18.5. The van der Waals surface area contributed by atoms with Crippen LogP contribution in [0.25, 0.3) is 0 Å². The van der Waals surface area contributed by atoms with Crippen molar-refractivity contribution in [2.24, 2.45) is 0 Å². The highest BCUT2D eigenvalue weighted by Crippen LogP contribution is 2.14. The van der Waals surface area contributed by atoms with E-state index in [-0.39, 0.29) is 17.9 Å². The first kappa shape index (κ1) is 18.1. The summed E-state index contributed by atoms with van der Waals surface area (Å²) in [4.78, 5) is 35.9. The first-order valence-electron chi connectivity index (χ1n) is 8.80. The number of nitrogens with zero attached hydrogens (tertiary/aromatic N) is 3. The smallest absolute Gasteiger partial charge is 0.255 e. The maximum Gasteiger partial charge on any atom is 0.255 e. The van der Waals surface area contributed by atoms with Gasteiger partial charge in [-0.05, 0) is 25.5 Å². The molecule has 1 fully saturated rings. The molecule has 1 aliphatic heterocycles. The van der Waals surface area contributed by atoms with Gasteiger partial charge in [0.1, 0.15) is 0 Å². The lowest BCUT2D eigenvalue weighted by Gasteiger charge is -2.27. The summed E-state index contributed by atoms with van der Waals surface area (Å²) >= 11 is 0. The lowest BCUT2D eigenvalue weighted by molar-refractivity contribution is -0.118. The number of H-pyrrole nitrogens is 1. The highest BCUT2D eigenvalue weighted by molar-refractivity contribution is 5.92. The molecule has 1 aromatic carbocycles. The summed E-state index contributed by atoms with van der Waals surface area (Å²) in [5.74, 6) is 0.541. The molecule has 138 valence electrons. The van der Waals surface area contributed by atoms with Gasteiger partial charge < -0.3 is 14.5 Å². The lowest BCUT2D eigenvalue weighted by atomic mass is 10.1. The van der Waals surface area contributed by atoms with Gasteiger partial charge in [-0.25, -0.2) is 4.98 Å². The number of aromatic amines is 1. The number of morpholine rings is 1. The van der Waals surface area contributed by atoms with Crippen LogP contribution in [-0.2, 0) is 16.0 Å². The number of ether oxygens (including phenoxy) is 1. The average molecular weight is 356 g/mol. The minimum Gasteiger partial charge on any atom is -0.378 e. The Balaban J connectivity index is 1.68. The Kier molecular flexibility index (Phi) is 5.68. The standard InChI is InChI=1S/C19H24N4O3/c1-14-16(8-9-17(24)22(2)15-6-4-3-5-7-15)18(25)21-19(20-14)23-10-12-26-13-11-23/h3-7H,8-13H2,1-2H3,(H,20,21,25). The fourth-order valence-electron chi connectivity index (χ4n) is 3.01. The summed E-state index contributed by atoms with van der Waals surface area (Å²) in [6, 6.07) is 9.46. The molecule has 1 aliphatic rings. The van der Waals surface area contributed by atoms with Gasteiger partial charge in [-0.1, -0.05) is 18.2 Å². The number of aryl methyl sites for hydroxylation is 1. The molecule has 0 saturated carbocycles. The van der Waals surface area contributed by atoms with E-state index in [0.717, 1.165) is 5.69 Å². The number of anilines is 2. The molecule has 0 spiro atoms.